The molecule has 0 aliphatic heterocycles. The van der Waals surface area contributed by atoms with Crippen LogP contribution in [0.1, 0.15) is 36.3 Å². The Morgan fingerprint density at radius 3 is 2.41 bits per heavy atom. The summed E-state index contributed by atoms with van der Waals surface area (Å²) in [7, 11) is 0. The van der Waals surface area contributed by atoms with E-state index >= 15 is 0 Å². The molecule has 0 fully saturated rings. The van der Waals surface area contributed by atoms with Crippen LogP contribution in [0.25, 0.3) is 0 Å². The van der Waals surface area contributed by atoms with E-state index in [4.69, 9.17) is 0 Å². The predicted molar refractivity (Wildman–Crippen MR) is 67.3 cm³/mol. The summed E-state index contributed by atoms with van der Waals surface area (Å²) in [5.41, 5.74) is 2.35. The third-order valence-corrected chi connectivity index (χ3v) is 3.03. The maximum atomic E-state index is 12.1. The highest BCUT2D eigenvalue weighted by Gasteiger charge is 2.30. The molecule has 1 atom stereocenters. The summed E-state index contributed by atoms with van der Waals surface area (Å²) in [6.45, 7) is 0. The van der Waals surface area contributed by atoms with Crippen LogP contribution in [0, 0.1) is 0 Å². The molecule has 1 aliphatic carbocycles. The van der Waals surface area contributed by atoms with Crippen molar-refractivity contribution >= 4 is 24.8 Å². The molecule has 1 aromatic carbocycles. The fourth-order valence-corrected chi connectivity index (χ4v) is 2.28. The summed E-state index contributed by atoms with van der Waals surface area (Å²) in [4.78, 5) is 0. The van der Waals surface area contributed by atoms with Gasteiger partial charge >= 0.3 is 6.18 Å². The van der Waals surface area contributed by atoms with Gasteiger partial charge in [-0.15, -0.1) is 24.8 Å². The van der Waals surface area contributed by atoms with Gasteiger partial charge in [0.15, 0.2) is 0 Å². The number of halogens is 5. The number of alkyl halides is 3. The van der Waals surface area contributed by atoms with Crippen molar-refractivity contribution in [1.82, 2.24) is 0 Å². The molecule has 0 saturated heterocycles. The summed E-state index contributed by atoms with van der Waals surface area (Å²) >= 11 is 0. The molecule has 0 radical (unpaired) electrons. The van der Waals surface area contributed by atoms with Crippen molar-refractivity contribution in [1.29, 1.82) is 0 Å². The third kappa shape index (κ3) is 4.40. The number of aryl methyl sites for hydroxylation is 1. The van der Waals surface area contributed by atoms with E-state index < -0.39 is 12.6 Å². The Balaban J connectivity index is 0.00000128. The molecule has 0 amide bonds. The number of hydrogen-bond acceptors (Lipinski definition) is 0. The second-order valence-electron chi connectivity index (χ2n) is 4.09. The molecule has 0 bridgehead atoms. The Morgan fingerprint density at radius 1 is 1.12 bits per heavy atom. The summed E-state index contributed by atoms with van der Waals surface area (Å²) in [6.07, 6.45) is -2.64. The molecule has 0 nitrogen and oxygen atoms in total. The van der Waals surface area contributed by atoms with Gasteiger partial charge in [0, 0.05) is 6.42 Å². The molecule has 0 spiro atoms. The van der Waals surface area contributed by atoms with Gasteiger partial charge in [0.2, 0.25) is 0 Å². The number of benzene rings is 1. The topological polar surface area (TPSA) is 0 Å². The molecule has 0 heterocycles. The number of hydrogen-bond donors (Lipinski definition) is 0. The molecule has 1 aromatic rings. The first-order valence-corrected chi connectivity index (χ1v) is 5.21. The van der Waals surface area contributed by atoms with Crippen molar-refractivity contribution in [3.05, 3.63) is 35.4 Å². The summed E-state index contributed by atoms with van der Waals surface area (Å²) in [6, 6.07) is 7.84. The van der Waals surface area contributed by atoms with Crippen LogP contribution in [-0.2, 0) is 6.42 Å². The quantitative estimate of drug-likeness (QED) is 0.725. The number of rotatable bonds is 2. The maximum Gasteiger partial charge on any atom is 0.389 e. The van der Waals surface area contributed by atoms with Gasteiger partial charge in [-0.25, -0.2) is 0 Å². The monoisotopic (exact) mass is 286 g/mol. The molecular formula is C12H15Cl2F3. The summed E-state index contributed by atoms with van der Waals surface area (Å²) in [5, 5.41) is 0. The van der Waals surface area contributed by atoms with Crippen LogP contribution in [0.15, 0.2) is 24.3 Å². The van der Waals surface area contributed by atoms with Gasteiger partial charge < -0.3 is 0 Å². The standard InChI is InChI=1S/C12H13F3.2ClH/c13-12(14,15)8-7-10-6-5-9-3-1-2-4-11(9)10;;/h1-4,10H,5-8H2;2*1H. The molecule has 1 unspecified atom stereocenters. The Hall–Kier alpha value is -0.410. The van der Waals surface area contributed by atoms with Gasteiger partial charge in [-0.3, -0.25) is 0 Å². The van der Waals surface area contributed by atoms with Crippen molar-refractivity contribution in [3.63, 3.8) is 0 Å². The van der Waals surface area contributed by atoms with E-state index in [1.165, 1.54) is 5.56 Å². The molecule has 0 N–H and O–H groups in total. The van der Waals surface area contributed by atoms with Gasteiger partial charge in [-0.1, -0.05) is 24.3 Å². The maximum absolute atomic E-state index is 12.1. The lowest BCUT2D eigenvalue weighted by Gasteiger charge is -2.12. The molecule has 98 valence electrons. The number of fused-ring (bicyclic) bond motifs is 1. The molecule has 1 aliphatic rings. The van der Waals surface area contributed by atoms with Crippen molar-refractivity contribution in [2.24, 2.45) is 0 Å². The molecule has 17 heavy (non-hydrogen) atoms. The Kier molecular flexibility index (Phi) is 6.35. The molecule has 0 saturated carbocycles. The van der Waals surface area contributed by atoms with Crippen LogP contribution >= 0.6 is 24.8 Å². The van der Waals surface area contributed by atoms with E-state index in [1.54, 1.807) is 0 Å². The third-order valence-electron chi connectivity index (χ3n) is 3.03. The van der Waals surface area contributed by atoms with E-state index in [-0.39, 0.29) is 37.2 Å². The van der Waals surface area contributed by atoms with E-state index in [9.17, 15) is 13.2 Å². The minimum absolute atomic E-state index is 0. The minimum Gasteiger partial charge on any atom is -0.171 e. The highest BCUT2D eigenvalue weighted by atomic mass is 35.5. The molecule has 2 rings (SSSR count). The van der Waals surface area contributed by atoms with Crippen LogP contribution in [0.2, 0.25) is 0 Å². The summed E-state index contributed by atoms with van der Waals surface area (Å²) in [5.74, 6) is 0.114. The Labute approximate surface area is 111 Å². The van der Waals surface area contributed by atoms with Crippen molar-refractivity contribution < 1.29 is 13.2 Å². The van der Waals surface area contributed by atoms with Crippen LogP contribution in [0.4, 0.5) is 13.2 Å². The smallest absolute Gasteiger partial charge is 0.171 e. The highest BCUT2D eigenvalue weighted by Crippen LogP contribution is 2.38. The largest absolute Gasteiger partial charge is 0.389 e. The second kappa shape index (κ2) is 6.50. The van der Waals surface area contributed by atoms with Crippen LogP contribution in [0.5, 0.6) is 0 Å². The Bertz CT molecular complexity index is 350. The first kappa shape index (κ1) is 16.6. The van der Waals surface area contributed by atoms with Crippen molar-refractivity contribution in [3.8, 4) is 0 Å². The Morgan fingerprint density at radius 2 is 1.76 bits per heavy atom. The van der Waals surface area contributed by atoms with E-state index in [2.05, 4.69) is 0 Å². The van der Waals surface area contributed by atoms with Gasteiger partial charge in [0.25, 0.3) is 0 Å². The zero-order chi connectivity index (χ0) is 10.9. The predicted octanol–water partition coefficient (Wildman–Crippen LogP) is 4.90. The normalized spacial score (nSPS) is 17.9. The lowest BCUT2D eigenvalue weighted by molar-refractivity contribution is -0.136. The van der Waals surface area contributed by atoms with Crippen LogP contribution < -0.4 is 0 Å². The SMILES string of the molecule is Cl.Cl.FC(F)(F)CCC1CCc2ccccc21. The van der Waals surface area contributed by atoms with Gasteiger partial charge in [0.05, 0.1) is 0 Å². The zero-order valence-corrected chi connectivity index (χ0v) is 10.8. The lowest BCUT2D eigenvalue weighted by atomic mass is 9.96. The highest BCUT2D eigenvalue weighted by molar-refractivity contribution is 5.85. The lowest BCUT2D eigenvalue weighted by Crippen LogP contribution is -2.09. The van der Waals surface area contributed by atoms with Gasteiger partial charge in [-0.2, -0.15) is 13.2 Å². The van der Waals surface area contributed by atoms with E-state index in [0.717, 1.165) is 18.4 Å². The molecule has 5 heteroatoms. The average molecular weight is 287 g/mol. The van der Waals surface area contributed by atoms with Crippen molar-refractivity contribution in [2.45, 2.75) is 37.8 Å². The minimum atomic E-state index is -4.02. The second-order valence-corrected chi connectivity index (χ2v) is 4.09. The summed E-state index contributed by atoms with van der Waals surface area (Å²) < 4.78 is 36.3. The van der Waals surface area contributed by atoms with Gasteiger partial charge in [0.1, 0.15) is 0 Å². The fraction of sp³-hybridized carbons (Fsp3) is 0.500. The fourth-order valence-electron chi connectivity index (χ4n) is 2.28. The molecule has 0 aromatic heterocycles. The van der Waals surface area contributed by atoms with E-state index in [0.29, 0.717) is 0 Å². The van der Waals surface area contributed by atoms with Crippen LogP contribution in [-0.4, -0.2) is 6.18 Å². The molecular weight excluding hydrogens is 272 g/mol. The average Bonchev–Trinajstić information content (AvgIpc) is 2.57. The zero-order valence-electron chi connectivity index (χ0n) is 9.17. The van der Waals surface area contributed by atoms with Gasteiger partial charge in [-0.05, 0) is 36.3 Å². The van der Waals surface area contributed by atoms with Crippen LogP contribution in [0.3, 0.4) is 0 Å². The van der Waals surface area contributed by atoms with E-state index in [1.807, 2.05) is 24.3 Å². The first-order valence-electron chi connectivity index (χ1n) is 5.21. The van der Waals surface area contributed by atoms with Crippen molar-refractivity contribution in [2.75, 3.05) is 0 Å². The first-order chi connectivity index (χ1) is 7.06.